The lowest BCUT2D eigenvalue weighted by atomic mass is 9.98. The summed E-state index contributed by atoms with van der Waals surface area (Å²) >= 11 is 0. The first kappa shape index (κ1) is 14.9. The van der Waals surface area contributed by atoms with E-state index in [2.05, 4.69) is 62.8 Å². The average molecular weight is 333 g/mol. The lowest BCUT2D eigenvalue weighted by Gasteiger charge is -2.37. The number of nitrogens with zero attached hydrogens (tertiary/aromatic N) is 3. The van der Waals surface area contributed by atoms with Crippen LogP contribution in [0, 0.1) is 0 Å². The molecule has 2 aliphatic heterocycles. The maximum atomic E-state index is 4.67. The summed E-state index contributed by atoms with van der Waals surface area (Å²) in [4.78, 5) is 7.25. The Bertz CT molecular complexity index is 870. The zero-order chi connectivity index (χ0) is 16.8. The molecule has 2 aromatic heterocycles. The number of fused-ring (bicyclic) bond motifs is 3. The highest BCUT2D eigenvalue weighted by atomic mass is 15.2. The Balaban J connectivity index is 1.31. The summed E-state index contributed by atoms with van der Waals surface area (Å²) < 4.78 is 0. The van der Waals surface area contributed by atoms with Gasteiger partial charge in [0, 0.05) is 29.1 Å². The van der Waals surface area contributed by atoms with Crippen molar-refractivity contribution in [1.29, 1.82) is 0 Å². The van der Waals surface area contributed by atoms with E-state index < -0.39 is 0 Å². The summed E-state index contributed by atoms with van der Waals surface area (Å²) in [6.45, 7) is 0. The summed E-state index contributed by atoms with van der Waals surface area (Å²) in [7, 11) is 2.28. The largest absolute Gasteiger partial charge is 0.381 e. The summed E-state index contributed by atoms with van der Waals surface area (Å²) in [5.41, 5.74) is 4.30. The summed E-state index contributed by atoms with van der Waals surface area (Å²) in [5.74, 6) is 0. The molecule has 4 heterocycles. The van der Waals surface area contributed by atoms with Gasteiger partial charge in [-0.25, -0.2) is 0 Å². The number of H-pyrrole nitrogens is 1. The minimum atomic E-state index is 0.573. The van der Waals surface area contributed by atoms with Gasteiger partial charge in [0.25, 0.3) is 0 Å². The van der Waals surface area contributed by atoms with Gasteiger partial charge in [0.05, 0.1) is 29.3 Å². The molecule has 5 nitrogen and oxygen atoms in total. The van der Waals surface area contributed by atoms with Gasteiger partial charge in [0.2, 0.25) is 0 Å². The Morgan fingerprint density at radius 3 is 2.68 bits per heavy atom. The number of anilines is 1. The highest BCUT2D eigenvalue weighted by Crippen LogP contribution is 2.35. The van der Waals surface area contributed by atoms with E-state index in [1.165, 1.54) is 25.7 Å². The Labute approximate surface area is 147 Å². The third-order valence-corrected chi connectivity index (χ3v) is 5.97. The maximum absolute atomic E-state index is 4.67. The fourth-order valence-electron chi connectivity index (χ4n) is 4.52. The van der Waals surface area contributed by atoms with Gasteiger partial charge >= 0.3 is 0 Å². The number of rotatable bonds is 3. The number of nitrogens with one attached hydrogen (secondary N) is 2. The molecule has 3 aromatic rings. The number of piperidine rings is 1. The second-order valence-electron chi connectivity index (χ2n) is 7.47. The molecule has 1 aromatic carbocycles. The molecular formula is C20H23N5. The SMILES string of the molecule is CN1[C@@H]2CC[C@H]1C[C@@H](Nc1ccc(-c3ccc4[nH]ncc4c3)nc1)C2. The first-order chi connectivity index (χ1) is 12.3. The number of pyridine rings is 1. The molecule has 128 valence electrons. The molecule has 2 N–H and O–H groups in total. The van der Waals surface area contributed by atoms with Crippen molar-refractivity contribution >= 4 is 16.6 Å². The van der Waals surface area contributed by atoms with E-state index in [4.69, 9.17) is 0 Å². The van der Waals surface area contributed by atoms with Gasteiger partial charge in [-0.3, -0.25) is 10.1 Å². The van der Waals surface area contributed by atoms with Crippen molar-refractivity contribution in [2.75, 3.05) is 12.4 Å². The highest BCUT2D eigenvalue weighted by Gasteiger charge is 2.38. The molecule has 0 radical (unpaired) electrons. The zero-order valence-corrected chi connectivity index (χ0v) is 14.4. The Morgan fingerprint density at radius 1 is 1.08 bits per heavy atom. The van der Waals surface area contributed by atoms with Crippen LogP contribution in [0.2, 0.25) is 0 Å². The molecule has 3 atom stereocenters. The number of aromatic nitrogens is 3. The second-order valence-corrected chi connectivity index (χ2v) is 7.47. The molecule has 2 saturated heterocycles. The zero-order valence-electron chi connectivity index (χ0n) is 14.4. The van der Waals surface area contributed by atoms with E-state index >= 15 is 0 Å². The lowest BCUT2D eigenvalue weighted by Crippen LogP contribution is -2.44. The van der Waals surface area contributed by atoms with Crippen LogP contribution in [-0.2, 0) is 0 Å². The molecule has 0 unspecified atom stereocenters. The van der Waals surface area contributed by atoms with Crippen LogP contribution in [0.1, 0.15) is 25.7 Å². The van der Waals surface area contributed by atoms with Crippen LogP contribution in [0.4, 0.5) is 5.69 Å². The summed E-state index contributed by atoms with van der Waals surface area (Å²) in [6, 6.07) is 12.6. The second kappa shape index (κ2) is 5.85. The van der Waals surface area contributed by atoms with E-state index in [1.807, 2.05) is 12.4 Å². The van der Waals surface area contributed by atoms with Crippen LogP contribution in [0.5, 0.6) is 0 Å². The number of hydrogen-bond donors (Lipinski definition) is 2. The molecule has 0 amide bonds. The van der Waals surface area contributed by atoms with Gasteiger partial charge < -0.3 is 10.2 Å². The van der Waals surface area contributed by atoms with Crippen molar-refractivity contribution in [1.82, 2.24) is 20.1 Å². The Morgan fingerprint density at radius 2 is 1.92 bits per heavy atom. The van der Waals surface area contributed by atoms with Crippen molar-refractivity contribution in [3.05, 3.63) is 42.7 Å². The van der Waals surface area contributed by atoms with Crippen LogP contribution in [0.25, 0.3) is 22.2 Å². The molecule has 25 heavy (non-hydrogen) atoms. The Hall–Kier alpha value is -2.40. The standard InChI is InChI=1S/C20H23N5/c1-25-17-4-5-18(25)10-16(9-17)23-15-3-7-19(21-12-15)13-2-6-20-14(8-13)11-22-24-20/h2-3,6-8,11-12,16-18,23H,4-5,9-10H2,1H3,(H,22,24)/t16-,17+,18-. The monoisotopic (exact) mass is 333 g/mol. The van der Waals surface area contributed by atoms with Crippen LogP contribution in [0.3, 0.4) is 0 Å². The lowest BCUT2D eigenvalue weighted by molar-refractivity contribution is 0.169. The van der Waals surface area contributed by atoms with Gasteiger partial charge in [0.15, 0.2) is 0 Å². The quantitative estimate of drug-likeness (QED) is 0.768. The van der Waals surface area contributed by atoms with Gasteiger partial charge in [-0.15, -0.1) is 0 Å². The molecule has 5 heteroatoms. The van der Waals surface area contributed by atoms with E-state index in [-0.39, 0.29) is 0 Å². The minimum Gasteiger partial charge on any atom is -0.381 e. The van der Waals surface area contributed by atoms with Crippen molar-refractivity contribution in [3.8, 4) is 11.3 Å². The smallest absolute Gasteiger partial charge is 0.0703 e. The molecule has 5 rings (SSSR count). The number of aromatic amines is 1. The molecular weight excluding hydrogens is 310 g/mol. The van der Waals surface area contributed by atoms with Crippen LogP contribution in [-0.4, -0.2) is 45.3 Å². The van der Waals surface area contributed by atoms with E-state index in [0.29, 0.717) is 6.04 Å². The normalized spacial score (nSPS) is 26.2. The third-order valence-electron chi connectivity index (χ3n) is 5.97. The Kier molecular flexibility index (Phi) is 3.48. The minimum absolute atomic E-state index is 0.573. The van der Waals surface area contributed by atoms with Crippen molar-refractivity contribution in [3.63, 3.8) is 0 Å². The molecule has 0 spiro atoms. The highest BCUT2D eigenvalue weighted by molar-refractivity contribution is 5.83. The molecule has 0 aliphatic carbocycles. The van der Waals surface area contributed by atoms with Crippen molar-refractivity contribution in [2.24, 2.45) is 0 Å². The molecule has 2 fully saturated rings. The number of benzene rings is 1. The van der Waals surface area contributed by atoms with E-state index in [1.54, 1.807) is 0 Å². The first-order valence-corrected chi connectivity index (χ1v) is 9.14. The number of hydrogen-bond acceptors (Lipinski definition) is 4. The van der Waals surface area contributed by atoms with Crippen LogP contribution in [0.15, 0.2) is 42.7 Å². The van der Waals surface area contributed by atoms with E-state index in [9.17, 15) is 0 Å². The molecule has 2 aliphatic rings. The van der Waals surface area contributed by atoms with Gasteiger partial charge in [-0.05, 0) is 57.0 Å². The predicted molar refractivity (Wildman–Crippen MR) is 101 cm³/mol. The van der Waals surface area contributed by atoms with Gasteiger partial charge in [-0.2, -0.15) is 5.10 Å². The van der Waals surface area contributed by atoms with Gasteiger partial charge in [-0.1, -0.05) is 6.07 Å². The fourth-order valence-corrected chi connectivity index (χ4v) is 4.52. The third kappa shape index (κ3) is 2.68. The fraction of sp³-hybridized carbons (Fsp3) is 0.400. The first-order valence-electron chi connectivity index (χ1n) is 9.14. The predicted octanol–water partition coefficient (Wildman–Crippen LogP) is 3.66. The molecule has 2 bridgehead atoms. The summed E-state index contributed by atoms with van der Waals surface area (Å²) in [6.07, 6.45) is 9.01. The van der Waals surface area contributed by atoms with Crippen LogP contribution < -0.4 is 5.32 Å². The average Bonchev–Trinajstić information content (AvgIpc) is 3.16. The van der Waals surface area contributed by atoms with E-state index in [0.717, 1.165) is 39.9 Å². The van der Waals surface area contributed by atoms with Crippen molar-refractivity contribution < 1.29 is 0 Å². The van der Waals surface area contributed by atoms with Crippen LogP contribution >= 0.6 is 0 Å². The van der Waals surface area contributed by atoms with Crippen molar-refractivity contribution in [2.45, 2.75) is 43.8 Å². The maximum Gasteiger partial charge on any atom is 0.0703 e. The van der Waals surface area contributed by atoms with Gasteiger partial charge in [0.1, 0.15) is 0 Å². The summed E-state index contributed by atoms with van der Waals surface area (Å²) in [5, 5.41) is 11.9. The molecule has 0 saturated carbocycles. The topological polar surface area (TPSA) is 56.8 Å².